The molecule has 1 atom stereocenters. The number of likely N-dealkylation sites (tertiary alicyclic amines) is 1. The lowest BCUT2D eigenvalue weighted by atomic mass is 10.1. The van der Waals surface area contributed by atoms with Crippen molar-refractivity contribution < 1.29 is 9.59 Å². The van der Waals surface area contributed by atoms with E-state index in [0.29, 0.717) is 19.5 Å². The molecule has 1 fully saturated rings. The van der Waals surface area contributed by atoms with E-state index in [9.17, 15) is 9.59 Å². The predicted octanol–water partition coefficient (Wildman–Crippen LogP) is -0.105. The molecule has 1 aromatic rings. The summed E-state index contributed by atoms with van der Waals surface area (Å²) < 4.78 is 0. The second-order valence-electron chi connectivity index (χ2n) is 5.16. The number of hydrogen-bond acceptors (Lipinski definition) is 4. The highest BCUT2D eigenvalue weighted by molar-refractivity contribution is 5.78. The van der Waals surface area contributed by atoms with Crippen molar-refractivity contribution in [2.75, 3.05) is 19.6 Å². The number of amides is 2. The number of nitrogens with two attached hydrogens (primary N) is 1. The lowest BCUT2D eigenvalue weighted by Crippen LogP contribution is -2.36. The van der Waals surface area contributed by atoms with Crippen LogP contribution in [-0.2, 0) is 16.1 Å². The molecule has 0 aliphatic carbocycles. The lowest BCUT2D eigenvalue weighted by Gasteiger charge is -2.15. The van der Waals surface area contributed by atoms with Gasteiger partial charge in [-0.05, 0) is 31.0 Å². The van der Waals surface area contributed by atoms with Crippen LogP contribution >= 0.6 is 0 Å². The molecule has 0 spiro atoms. The minimum absolute atomic E-state index is 0.0182. The van der Waals surface area contributed by atoms with E-state index >= 15 is 0 Å². The van der Waals surface area contributed by atoms with Gasteiger partial charge in [0.2, 0.25) is 11.8 Å². The van der Waals surface area contributed by atoms with Gasteiger partial charge in [0.05, 0.1) is 18.8 Å². The second-order valence-corrected chi connectivity index (χ2v) is 5.16. The molecule has 1 unspecified atom stereocenters. The summed E-state index contributed by atoms with van der Waals surface area (Å²) >= 11 is 0. The number of hydrogen-bond donors (Lipinski definition) is 2. The van der Waals surface area contributed by atoms with Crippen LogP contribution < -0.4 is 11.1 Å². The summed E-state index contributed by atoms with van der Waals surface area (Å²) in [5.41, 5.74) is 6.03. The van der Waals surface area contributed by atoms with Crippen LogP contribution in [0.3, 0.4) is 0 Å². The first-order valence-electron chi connectivity index (χ1n) is 6.81. The fourth-order valence-corrected chi connectivity index (χ4v) is 2.46. The maximum absolute atomic E-state index is 11.8. The molecule has 1 aromatic heterocycles. The van der Waals surface area contributed by atoms with E-state index in [-0.39, 0.29) is 17.7 Å². The van der Waals surface area contributed by atoms with Gasteiger partial charge in [-0.15, -0.1) is 0 Å². The first kappa shape index (κ1) is 14.5. The summed E-state index contributed by atoms with van der Waals surface area (Å²) in [5.74, 6) is 0.00271. The quantitative estimate of drug-likeness (QED) is 0.759. The van der Waals surface area contributed by atoms with E-state index < -0.39 is 0 Å². The maximum atomic E-state index is 11.8. The largest absolute Gasteiger partial charge is 0.370 e. The van der Waals surface area contributed by atoms with E-state index in [1.807, 2.05) is 18.2 Å². The van der Waals surface area contributed by atoms with Gasteiger partial charge in [-0.1, -0.05) is 6.07 Å². The molecule has 6 nitrogen and oxygen atoms in total. The second kappa shape index (κ2) is 7.00. The average molecular weight is 276 g/mol. The summed E-state index contributed by atoms with van der Waals surface area (Å²) in [6.07, 6.45) is 3.04. The molecular weight excluding hydrogens is 256 g/mol. The van der Waals surface area contributed by atoms with Gasteiger partial charge >= 0.3 is 0 Å². The Morgan fingerprint density at radius 1 is 1.45 bits per heavy atom. The van der Waals surface area contributed by atoms with Crippen molar-refractivity contribution in [1.82, 2.24) is 15.2 Å². The number of rotatable bonds is 6. The van der Waals surface area contributed by atoms with Crippen LogP contribution in [0.15, 0.2) is 24.4 Å². The zero-order valence-electron chi connectivity index (χ0n) is 11.4. The van der Waals surface area contributed by atoms with Crippen molar-refractivity contribution in [2.24, 2.45) is 11.7 Å². The molecule has 2 amide bonds. The first-order chi connectivity index (χ1) is 9.63. The molecule has 0 saturated carbocycles. The summed E-state index contributed by atoms with van der Waals surface area (Å²) in [5, 5.41) is 2.85. The summed E-state index contributed by atoms with van der Waals surface area (Å²) in [7, 11) is 0. The highest BCUT2D eigenvalue weighted by Gasteiger charge is 2.24. The molecule has 1 aliphatic heterocycles. The van der Waals surface area contributed by atoms with E-state index in [1.54, 1.807) is 6.20 Å². The Bertz CT molecular complexity index is 464. The fraction of sp³-hybridized carbons (Fsp3) is 0.500. The summed E-state index contributed by atoms with van der Waals surface area (Å²) in [4.78, 5) is 28.9. The number of primary amides is 1. The van der Waals surface area contributed by atoms with E-state index in [4.69, 9.17) is 5.73 Å². The van der Waals surface area contributed by atoms with Gasteiger partial charge in [0.25, 0.3) is 0 Å². The molecule has 0 bridgehead atoms. The van der Waals surface area contributed by atoms with Gasteiger partial charge in [0.15, 0.2) is 0 Å². The van der Waals surface area contributed by atoms with E-state index in [0.717, 1.165) is 25.2 Å². The van der Waals surface area contributed by atoms with Gasteiger partial charge < -0.3 is 11.1 Å². The average Bonchev–Trinajstić information content (AvgIpc) is 2.84. The SMILES string of the molecule is NC(=O)CC1CCN(CC(=O)NCc2ccccn2)C1. The zero-order chi connectivity index (χ0) is 14.4. The molecule has 3 N–H and O–H groups in total. The van der Waals surface area contributed by atoms with Crippen molar-refractivity contribution in [3.05, 3.63) is 30.1 Å². The van der Waals surface area contributed by atoms with Crippen LogP contribution in [0.4, 0.5) is 0 Å². The Hall–Kier alpha value is -1.95. The minimum Gasteiger partial charge on any atom is -0.370 e. The van der Waals surface area contributed by atoms with Gasteiger partial charge in [0, 0.05) is 19.2 Å². The predicted molar refractivity (Wildman–Crippen MR) is 74.4 cm³/mol. The molecule has 108 valence electrons. The molecule has 2 heterocycles. The Morgan fingerprint density at radius 3 is 3.00 bits per heavy atom. The zero-order valence-corrected chi connectivity index (χ0v) is 11.4. The van der Waals surface area contributed by atoms with Gasteiger partial charge in [-0.25, -0.2) is 0 Å². The number of nitrogens with one attached hydrogen (secondary N) is 1. The van der Waals surface area contributed by atoms with Gasteiger partial charge in [-0.2, -0.15) is 0 Å². The highest BCUT2D eigenvalue weighted by Crippen LogP contribution is 2.18. The van der Waals surface area contributed by atoms with Crippen molar-refractivity contribution in [3.63, 3.8) is 0 Å². The summed E-state index contributed by atoms with van der Waals surface area (Å²) in [6.45, 7) is 2.41. The fourth-order valence-electron chi connectivity index (χ4n) is 2.46. The van der Waals surface area contributed by atoms with Crippen molar-refractivity contribution in [2.45, 2.75) is 19.4 Å². The molecular formula is C14H20N4O2. The molecule has 2 rings (SSSR count). The monoisotopic (exact) mass is 276 g/mol. The molecule has 20 heavy (non-hydrogen) atoms. The van der Waals surface area contributed by atoms with Crippen LogP contribution in [0.1, 0.15) is 18.5 Å². The third-order valence-electron chi connectivity index (χ3n) is 3.42. The van der Waals surface area contributed by atoms with Crippen molar-refractivity contribution in [3.8, 4) is 0 Å². The summed E-state index contributed by atoms with van der Waals surface area (Å²) in [6, 6.07) is 5.61. The number of nitrogens with zero attached hydrogens (tertiary/aromatic N) is 2. The Kier molecular flexibility index (Phi) is 5.06. The van der Waals surface area contributed by atoms with E-state index in [2.05, 4.69) is 15.2 Å². The molecule has 0 aromatic carbocycles. The van der Waals surface area contributed by atoms with Crippen LogP contribution in [0, 0.1) is 5.92 Å². The van der Waals surface area contributed by atoms with E-state index in [1.165, 1.54) is 0 Å². The molecule has 0 radical (unpaired) electrons. The standard InChI is InChI=1S/C14H20N4O2/c15-13(19)7-11-4-6-18(9-11)10-14(20)17-8-12-3-1-2-5-16-12/h1-3,5,11H,4,6-10H2,(H2,15,19)(H,17,20). The van der Waals surface area contributed by atoms with Crippen LogP contribution in [0.2, 0.25) is 0 Å². The van der Waals surface area contributed by atoms with Crippen LogP contribution in [0.5, 0.6) is 0 Å². The molecule has 1 aliphatic rings. The topological polar surface area (TPSA) is 88.3 Å². The third-order valence-corrected chi connectivity index (χ3v) is 3.42. The van der Waals surface area contributed by atoms with Crippen LogP contribution in [0.25, 0.3) is 0 Å². The van der Waals surface area contributed by atoms with Crippen molar-refractivity contribution in [1.29, 1.82) is 0 Å². The first-order valence-corrected chi connectivity index (χ1v) is 6.81. The molecule has 1 saturated heterocycles. The highest BCUT2D eigenvalue weighted by atomic mass is 16.2. The van der Waals surface area contributed by atoms with Crippen molar-refractivity contribution >= 4 is 11.8 Å². The number of pyridine rings is 1. The smallest absolute Gasteiger partial charge is 0.234 e. The van der Waals surface area contributed by atoms with Crippen LogP contribution in [-0.4, -0.2) is 41.3 Å². The number of carbonyl (C=O) groups is 2. The Labute approximate surface area is 118 Å². The Balaban J connectivity index is 1.69. The normalized spacial score (nSPS) is 18.9. The maximum Gasteiger partial charge on any atom is 0.234 e. The number of aromatic nitrogens is 1. The Morgan fingerprint density at radius 2 is 2.30 bits per heavy atom. The number of carbonyl (C=O) groups excluding carboxylic acids is 2. The lowest BCUT2D eigenvalue weighted by molar-refractivity contribution is -0.122. The van der Waals surface area contributed by atoms with Gasteiger partial charge in [-0.3, -0.25) is 19.5 Å². The minimum atomic E-state index is -0.267. The molecule has 6 heteroatoms. The van der Waals surface area contributed by atoms with Gasteiger partial charge in [0.1, 0.15) is 0 Å². The third kappa shape index (κ3) is 4.62.